The third-order valence-electron chi connectivity index (χ3n) is 6.18. The van der Waals surface area contributed by atoms with Crippen LogP contribution in [0.25, 0.3) is 0 Å². The number of hydrogen-bond donors (Lipinski definition) is 2. The summed E-state index contributed by atoms with van der Waals surface area (Å²) in [5.41, 5.74) is 2.33. The number of nitrogens with zero attached hydrogens (tertiary/aromatic N) is 2. The molecule has 2 N–H and O–H groups in total. The van der Waals surface area contributed by atoms with E-state index in [9.17, 15) is 18.8 Å². The maximum atomic E-state index is 13.0. The number of anilines is 1. The Kier molecular flexibility index (Phi) is 9.39. The van der Waals surface area contributed by atoms with E-state index in [0.717, 1.165) is 27.6 Å². The number of methoxy groups -OCH3 is 1. The first-order valence-corrected chi connectivity index (χ1v) is 13.7. The maximum Gasteiger partial charge on any atom is 0.264 e. The lowest BCUT2D eigenvalue weighted by Crippen LogP contribution is -2.46. The molecule has 0 amide bonds. The first-order valence-electron chi connectivity index (χ1n) is 12.2. The SMILES string of the molecule is COc1ccc(CC(C)(C)NC[C@@H](O)COc2ccc(N(C)S(=O)(=O)c3ccc(C)cc3)cc2C#N)cc1. The summed E-state index contributed by atoms with van der Waals surface area (Å²) in [4.78, 5) is 0.162. The highest BCUT2D eigenvalue weighted by Gasteiger charge is 2.23. The minimum atomic E-state index is -3.79. The normalized spacial score (nSPS) is 12.4. The minimum Gasteiger partial charge on any atom is -0.497 e. The van der Waals surface area contributed by atoms with Crippen LogP contribution in [0, 0.1) is 18.3 Å². The highest BCUT2D eigenvalue weighted by Crippen LogP contribution is 2.28. The van der Waals surface area contributed by atoms with E-state index in [2.05, 4.69) is 25.2 Å². The lowest BCUT2D eigenvalue weighted by molar-refractivity contribution is 0.0987. The molecule has 0 saturated carbocycles. The molecule has 0 spiro atoms. The predicted molar refractivity (Wildman–Crippen MR) is 148 cm³/mol. The summed E-state index contributed by atoms with van der Waals surface area (Å²) < 4.78 is 38.1. The van der Waals surface area contributed by atoms with Crippen molar-refractivity contribution in [3.8, 4) is 17.6 Å². The Balaban J connectivity index is 1.59. The summed E-state index contributed by atoms with van der Waals surface area (Å²) in [6.07, 6.45) is -0.0650. The van der Waals surface area contributed by atoms with Gasteiger partial charge in [0.25, 0.3) is 10.0 Å². The molecular weight excluding hydrogens is 502 g/mol. The summed E-state index contributed by atoms with van der Waals surface area (Å²) in [6.45, 7) is 6.25. The molecule has 202 valence electrons. The van der Waals surface area contributed by atoms with E-state index < -0.39 is 16.1 Å². The molecule has 0 radical (unpaired) electrons. The molecule has 0 aromatic heterocycles. The topological polar surface area (TPSA) is 112 Å². The molecule has 3 aromatic rings. The molecule has 38 heavy (non-hydrogen) atoms. The summed E-state index contributed by atoms with van der Waals surface area (Å²) in [6, 6.07) is 21.1. The van der Waals surface area contributed by atoms with Crippen molar-refractivity contribution in [3.63, 3.8) is 0 Å². The van der Waals surface area contributed by atoms with Crippen molar-refractivity contribution in [1.82, 2.24) is 5.32 Å². The zero-order valence-corrected chi connectivity index (χ0v) is 23.2. The number of sulfonamides is 1. The first-order chi connectivity index (χ1) is 17.9. The second-order valence-electron chi connectivity index (χ2n) is 9.83. The molecule has 0 saturated heterocycles. The molecule has 0 heterocycles. The van der Waals surface area contributed by atoms with Crippen molar-refractivity contribution < 1.29 is 23.0 Å². The van der Waals surface area contributed by atoms with Crippen molar-refractivity contribution in [2.75, 3.05) is 31.6 Å². The second-order valence-corrected chi connectivity index (χ2v) is 11.8. The van der Waals surface area contributed by atoms with Gasteiger partial charge in [-0.2, -0.15) is 5.26 Å². The van der Waals surface area contributed by atoms with Crippen molar-refractivity contribution in [3.05, 3.63) is 83.4 Å². The average Bonchev–Trinajstić information content (AvgIpc) is 2.90. The van der Waals surface area contributed by atoms with Crippen LogP contribution in [0.4, 0.5) is 5.69 Å². The molecule has 0 aliphatic rings. The number of aliphatic hydroxyl groups excluding tert-OH is 1. The zero-order valence-electron chi connectivity index (χ0n) is 22.4. The highest BCUT2D eigenvalue weighted by molar-refractivity contribution is 7.92. The predicted octanol–water partition coefficient (Wildman–Crippen LogP) is 4.05. The number of nitriles is 1. The van der Waals surface area contributed by atoms with Gasteiger partial charge in [-0.25, -0.2) is 8.42 Å². The lowest BCUT2D eigenvalue weighted by Gasteiger charge is -2.28. The van der Waals surface area contributed by atoms with Gasteiger partial charge in [0.1, 0.15) is 30.3 Å². The van der Waals surface area contributed by atoms with E-state index in [1.54, 1.807) is 43.5 Å². The fourth-order valence-electron chi connectivity index (χ4n) is 3.89. The Bertz CT molecular complexity index is 1360. The van der Waals surface area contributed by atoms with E-state index in [0.29, 0.717) is 12.2 Å². The van der Waals surface area contributed by atoms with Gasteiger partial charge in [0.15, 0.2) is 0 Å². The van der Waals surface area contributed by atoms with Crippen molar-refractivity contribution in [2.24, 2.45) is 0 Å². The van der Waals surface area contributed by atoms with Crippen LogP contribution in [0.15, 0.2) is 71.6 Å². The van der Waals surface area contributed by atoms with Crippen LogP contribution in [0.3, 0.4) is 0 Å². The number of aryl methyl sites for hydroxylation is 1. The Hall–Kier alpha value is -3.58. The smallest absolute Gasteiger partial charge is 0.264 e. The molecule has 0 fully saturated rings. The van der Waals surface area contributed by atoms with E-state index >= 15 is 0 Å². The molecule has 3 aromatic carbocycles. The number of hydrogen-bond acceptors (Lipinski definition) is 7. The number of aliphatic hydroxyl groups is 1. The number of benzene rings is 3. The van der Waals surface area contributed by atoms with E-state index in [1.807, 2.05) is 31.2 Å². The van der Waals surface area contributed by atoms with Gasteiger partial charge < -0.3 is 19.9 Å². The summed E-state index contributed by atoms with van der Waals surface area (Å²) in [7, 11) is -0.719. The Labute approximate surface area is 225 Å². The second kappa shape index (κ2) is 12.3. The number of nitrogens with one attached hydrogen (secondary N) is 1. The summed E-state index contributed by atoms with van der Waals surface area (Å²) in [5.74, 6) is 1.07. The molecular formula is C29H35N3O5S. The van der Waals surface area contributed by atoms with Crippen molar-refractivity contribution in [2.45, 2.75) is 43.7 Å². The molecule has 9 heteroatoms. The molecule has 0 aliphatic carbocycles. The first kappa shape index (κ1) is 29.0. The fraction of sp³-hybridized carbons (Fsp3) is 0.345. The van der Waals surface area contributed by atoms with Crippen LogP contribution in [0.5, 0.6) is 11.5 Å². The Morgan fingerprint density at radius 1 is 1.08 bits per heavy atom. The van der Waals surface area contributed by atoms with Crippen LogP contribution in [0.2, 0.25) is 0 Å². The Morgan fingerprint density at radius 3 is 2.34 bits per heavy atom. The van der Waals surface area contributed by atoms with Gasteiger partial charge in [-0.15, -0.1) is 0 Å². The van der Waals surface area contributed by atoms with Crippen LogP contribution < -0.4 is 19.1 Å². The van der Waals surface area contributed by atoms with E-state index in [1.165, 1.54) is 13.1 Å². The van der Waals surface area contributed by atoms with Gasteiger partial charge in [0, 0.05) is 19.1 Å². The molecule has 0 unspecified atom stereocenters. The lowest BCUT2D eigenvalue weighted by atomic mass is 9.94. The van der Waals surface area contributed by atoms with Crippen molar-refractivity contribution >= 4 is 15.7 Å². The van der Waals surface area contributed by atoms with Gasteiger partial charge in [0.05, 0.1) is 23.3 Å². The quantitative estimate of drug-likeness (QED) is 0.358. The number of ether oxygens (including phenoxy) is 2. The average molecular weight is 538 g/mol. The van der Waals surface area contributed by atoms with Crippen LogP contribution >= 0.6 is 0 Å². The van der Waals surface area contributed by atoms with E-state index in [-0.39, 0.29) is 28.4 Å². The van der Waals surface area contributed by atoms with Gasteiger partial charge in [0.2, 0.25) is 0 Å². The highest BCUT2D eigenvalue weighted by atomic mass is 32.2. The Morgan fingerprint density at radius 2 is 1.74 bits per heavy atom. The van der Waals surface area contributed by atoms with Crippen LogP contribution in [-0.2, 0) is 16.4 Å². The third kappa shape index (κ3) is 7.48. The standard InChI is InChI=1S/C29H35N3O5S/c1-21-6-13-27(14-7-21)38(34,35)32(4)24-10-15-28(23(16-24)18-30)37-20-25(33)19-31-29(2,3)17-22-8-11-26(36-5)12-9-22/h6-16,25,31,33H,17,19-20H2,1-5H3/t25-/m1/s1. The largest absolute Gasteiger partial charge is 0.497 e. The summed E-state index contributed by atoms with van der Waals surface area (Å²) >= 11 is 0. The zero-order chi connectivity index (χ0) is 27.9. The number of β-amino-alcohol motifs (C(OH)–C–C–N with tert-alkyl or cyclic N) is 1. The van der Waals surface area contributed by atoms with Gasteiger partial charge in [-0.05, 0) is 75.2 Å². The molecule has 8 nitrogen and oxygen atoms in total. The van der Waals surface area contributed by atoms with Crippen LogP contribution in [-0.4, -0.2) is 52.5 Å². The summed E-state index contributed by atoms with van der Waals surface area (Å²) in [5, 5.41) is 23.5. The van der Waals surface area contributed by atoms with Gasteiger partial charge in [-0.3, -0.25) is 4.31 Å². The number of rotatable bonds is 12. The fourth-order valence-corrected chi connectivity index (χ4v) is 5.08. The molecule has 0 aliphatic heterocycles. The third-order valence-corrected chi connectivity index (χ3v) is 7.98. The van der Waals surface area contributed by atoms with Crippen LogP contribution in [0.1, 0.15) is 30.5 Å². The molecule has 3 rings (SSSR count). The molecule has 1 atom stereocenters. The molecule has 0 bridgehead atoms. The van der Waals surface area contributed by atoms with Crippen molar-refractivity contribution in [1.29, 1.82) is 5.26 Å². The van der Waals surface area contributed by atoms with Gasteiger partial charge >= 0.3 is 0 Å². The van der Waals surface area contributed by atoms with Gasteiger partial charge in [-0.1, -0.05) is 29.8 Å². The monoisotopic (exact) mass is 537 g/mol. The van der Waals surface area contributed by atoms with E-state index in [4.69, 9.17) is 9.47 Å². The maximum absolute atomic E-state index is 13.0. The minimum absolute atomic E-state index is 0.0306.